The Morgan fingerprint density at radius 2 is 2.12 bits per heavy atom. The molecule has 8 heavy (non-hydrogen) atoms. The summed E-state index contributed by atoms with van der Waals surface area (Å²) in [4.78, 5) is 24.7. The van der Waals surface area contributed by atoms with Crippen molar-refractivity contribution in [2.45, 2.75) is 0 Å². The van der Waals surface area contributed by atoms with E-state index in [1.54, 1.807) is 0 Å². The monoisotopic (exact) mass is 114 g/mol. The van der Waals surface area contributed by atoms with E-state index in [0.29, 0.717) is 0 Å². The molecule has 0 spiro atoms. The van der Waals surface area contributed by atoms with Crippen molar-refractivity contribution in [3.8, 4) is 0 Å². The van der Waals surface area contributed by atoms with E-state index in [9.17, 15) is 9.59 Å². The molecule has 0 fully saturated rings. The Kier molecular flexibility index (Phi) is 0.997. The van der Waals surface area contributed by atoms with Gasteiger partial charge < -0.3 is 4.98 Å². The topological polar surface area (TPSA) is 65.7 Å². The first-order valence-corrected chi connectivity index (χ1v) is 2.07. The molecule has 0 bridgehead atoms. The minimum absolute atomic E-state index is 0.381. The summed E-state index contributed by atoms with van der Waals surface area (Å²) in [5.41, 5.74) is -0.855. The second-order valence-electron chi connectivity index (χ2n) is 1.30. The SMILES string of the molecule is O=c1cc[15nH]c(=O)[15nH]1. The van der Waals surface area contributed by atoms with Gasteiger partial charge in [0, 0.05) is 12.3 Å². The molecule has 0 saturated carbocycles. The summed E-state index contributed by atoms with van der Waals surface area (Å²) < 4.78 is 0. The maximum absolute atomic E-state index is 10.2. The van der Waals surface area contributed by atoms with E-state index < -0.39 is 5.69 Å². The van der Waals surface area contributed by atoms with Crippen molar-refractivity contribution in [2.24, 2.45) is 0 Å². The largest absolute Gasteiger partial charge is 0.325 e. The molecule has 4 nitrogen and oxygen atoms in total. The second kappa shape index (κ2) is 1.65. The van der Waals surface area contributed by atoms with Gasteiger partial charge in [-0.15, -0.1) is 0 Å². The minimum Gasteiger partial charge on any atom is -0.314 e. The zero-order valence-electron chi connectivity index (χ0n) is 3.97. The first-order chi connectivity index (χ1) is 3.79. The van der Waals surface area contributed by atoms with E-state index in [0.717, 1.165) is 0 Å². The van der Waals surface area contributed by atoms with Gasteiger partial charge in [-0.3, -0.25) is 9.78 Å². The molecule has 0 unspecified atom stereocenters. The lowest BCUT2D eigenvalue weighted by Crippen LogP contribution is -2.19. The third kappa shape index (κ3) is 0.841. The van der Waals surface area contributed by atoms with Crippen molar-refractivity contribution in [1.29, 1.82) is 0 Å². The molecule has 0 saturated heterocycles. The van der Waals surface area contributed by atoms with Gasteiger partial charge in [0.25, 0.3) is 5.56 Å². The molecule has 0 radical (unpaired) electrons. The molecule has 1 aromatic heterocycles. The third-order valence-electron chi connectivity index (χ3n) is 0.686. The molecule has 0 aromatic carbocycles. The number of H-pyrrole nitrogens is 2. The predicted molar refractivity (Wildman–Crippen MR) is 27.7 cm³/mol. The van der Waals surface area contributed by atoms with Crippen molar-refractivity contribution >= 4 is 0 Å². The van der Waals surface area contributed by atoms with Crippen LogP contribution in [0.1, 0.15) is 0 Å². The first kappa shape index (κ1) is 4.83. The fourth-order valence-corrected chi connectivity index (χ4v) is 0.383. The van der Waals surface area contributed by atoms with Crippen LogP contribution in [0.4, 0.5) is 0 Å². The van der Waals surface area contributed by atoms with Gasteiger partial charge in [-0.25, -0.2) is 4.79 Å². The van der Waals surface area contributed by atoms with E-state index in [1.165, 1.54) is 12.3 Å². The van der Waals surface area contributed by atoms with Crippen LogP contribution < -0.4 is 11.2 Å². The molecule has 0 amide bonds. The molecule has 0 atom stereocenters. The van der Waals surface area contributed by atoms with Crippen LogP contribution in [-0.4, -0.2) is 9.97 Å². The van der Waals surface area contributed by atoms with Crippen LogP contribution in [0.2, 0.25) is 0 Å². The van der Waals surface area contributed by atoms with Crippen molar-refractivity contribution in [2.75, 3.05) is 0 Å². The molecule has 4 heteroatoms. The van der Waals surface area contributed by atoms with E-state index in [2.05, 4.69) is 4.98 Å². The van der Waals surface area contributed by atoms with Crippen molar-refractivity contribution in [3.05, 3.63) is 33.1 Å². The highest BCUT2D eigenvalue weighted by Crippen LogP contribution is 1.51. The molecular formula is C4H4N2O2. The van der Waals surface area contributed by atoms with Crippen LogP contribution in [0.5, 0.6) is 0 Å². The van der Waals surface area contributed by atoms with E-state index in [-0.39, 0.29) is 5.56 Å². The number of hydrogen-bond donors (Lipinski definition) is 2. The van der Waals surface area contributed by atoms with Crippen LogP contribution in [-0.2, 0) is 0 Å². The van der Waals surface area contributed by atoms with Gasteiger partial charge in [-0.1, -0.05) is 0 Å². The molecule has 1 heterocycles. The van der Waals surface area contributed by atoms with Gasteiger partial charge in [-0.05, 0) is 0 Å². The van der Waals surface area contributed by atoms with E-state index >= 15 is 0 Å². The number of hydrogen-bond acceptors (Lipinski definition) is 2. The van der Waals surface area contributed by atoms with Gasteiger partial charge in [0.05, 0.1) is 0 Å². The van der Waals surface area contributed by atoms with Crippen LogP contribution in [0.15, 0.2) is 21.9 Å². The van der Waals surface area contributed by atoms with Crippen molar-refractivity contribution in [1.82, 2.24) is 9.97 Å². The summed E-state index contributed by atoms with van der Waals surface area (Å²) in [6.45, 7) is 0. The molecule has 1 rings (SSSR count). The zero-order valence-corrected chi connectivity index (χ0v) is 3.97. The number of nitrogens with one attached hydrogen (secondary N) is 2. The average molecular weight is 114 g/mol. The Morgan fingerprint density at radius 3 is 2.50 bits per heavy atom. The second-order valence-corrected chi connectivity index (χ2v) is 1.30. The van der Waals surface area contributed by atoms with Crippen LogP contribution in [0.25, 0.3) is 0 Å². The Bertz CT molecular complexity index is 246. The Labute approximate surface area is 44.2 Å². The average Bonchev–Trinajstić information content (AvgIpc) is 1.64. The standard InChI is InChI=1S/C4H4N2O2/c7-3-1-2-5-4(8)6-3/h1-2H,(H2,5,6,7,8)/i5+1,6+1. The molecule has 0 aliphatic carbocycles. The molecule has 2 N–H and O–H groups in total. The molecule has 1 aromatic rings. The Morgan fingerprint density at radius 1 is 1.38 bits per heavy atom. The summed E-state index contributed by atoms with van der Waals surface area (Å²) in [5.74, 6) is 0. The number of rotatable bonds is 0. The predicted octanol–water partition coefficient (Wildman–Crippen LogP) is -0.937. The Hall–Kier alpha value is -1.32. The molecule has 0 aliphatic heterocycles. The van der Waals surface area contributed by atoms with Crippen molar-refractivity contribution < 1.29 is 0 Å². The van der Waals surface area contributed by atoms with E-state index in [1.807, 2.05) is 4.98 Å². The molecule has 0 aliphatic rings. The fraction of sp³-hybridized carbons (Fsp3) is 0. The van der Waals surface area contributed by atoms with Crippen molar-refractivity contribution in [3.63, 3.8) is 0 Å². The highest BCUT2D eigenvalue weighted by Gasteiger charge is 1.77. The quantitative estimate of drug-likeness (QED) is 0.457. The normalized spacial score (nSPS) is 9.00. The summed E-state index contributed by atoms with van der Waals surface area (Å²) in [5, 5.41) is 0. The van der Waals surface area contributed by atoms with Crippen LogP contribution in [0.3, 0.4) is 0 Å². The maximum Gasteiger partial charge on any atom is 0.325 e. The Balaban J connectivity index is 3.50. The smallest absolute Gasteiger partial charge is 0.314 e. The number of aromatic nitrogens is 2. The summed E-state index contributed by atoms with van der Waals surface area (Å²) in [6.07, 6.45) is 1.29. The first-order valence-electron chi connectivity index (χ1n) is 2.07. The van der Waals surface area contributed by atoms with Gasteiger partial charge >= 0.3 is 5.69 Å². The highest BCUT2D eigenvalue weighted by atomic mass is 16.2. The summed E-state index contributed by atoms with van der Waals surface area (Å²) in [6, 6.07) is 1.24. The third-order valence-corrected chi connectivity index (χ3v) is 0.686. The summed E-state index contributed by atoms with van der Waals surface area (Å²) >= 11 is 0. The minimum atomic E-state index is -0.475. The molecular weight excluding hydrogens is 110 g/mol. The van der Waals surface area contributed by atoms with Crippen LogP contribution in [0, 0.1) is 0 Å². The lowest BCUT2D eigenvalue weighted by Gasteiger charge is -1.75. The van der Waals surface area contributed by atoms with Gasteiger partial charge in [0.1, 0.15) is 0 Å². The van der Waals surface area contributed by atoms with E-state index in [4.69, 9.17) is 0 Å². The lowest BCUT2D eigenvalue weighted by atomic mass is 10.7. The highest BCUT2D eigenvalue weighted by molar-refractivity contribution is 4.77. The van der Waals surface area contributed by atoms with Crippen LogP contribution >= 0.6 is 0 Å². The van der Waals surface area contributed by atoms with Gasteiger partial charge in [-0.2, -0.15) is 0 Å². The lowest BCUT2D eigenvalue weighted by molar-refractivity contribution is 1.04. The van der Waals surface area contributed by atoms with Gasteiger partial charge in [0.15, 0.2) is 0 Å². The zero-order chi connectivity index (χ0) is 5.98. The summed E-state index contributed by atoms with van der Waals surface area (Å²) in [7, 11) is 0. The molecule has 42 valence electrons. The van der Waals surface area contributed by atoms with Gasteiger partial charge in [0.2, 0.25) is 0 Å². The maximum atomic E-state index is 10.2. The fourth-order valence-electron chi connectivity index (χ4n) is 0.383. The number of aromatic amines is 2.